The van der Waals surface area contributed by atoms with Gasteiger partial charge < -0.3 is 4.74 Å². The number of hydrogen-bond donors (Lipinski definition) is 0. The maximum Gasteiger partial charge on any atom is 0.232 e. The molecule has 1 unspecified atom stereocenters. The zero-order valence-corrected chi connectivity index (χ0v) is 17.3. The van der Waals surface area contributed by atoms with E-state index < -0.39 is 0 Å². The number of carbonyl (C=O) groups is 2. The molecule has 2 aromatic rings. The molecule has 1 atom stereocenters. The van der Waals surface area contributed by atoms with E-state index in [2.05, 4.69) is 13.8 Å². The number of thiophene rings is 1. The normalized spacial score (nSPS) is 21.7. The van der Waals surface area contributed by atoms with Crippen LogP contribution in [-0.4, -0.2) is 18.3 Å². The second-order valence-corrected chi connectivity index (χ2v) is 9.21. The first-order chi connectivity index (χ1) is 13.4. The topological polar surface area (TPSA) is 46.6 Å². The fourth-order valence-corrected chi connectivity index (χ4v) is 5.14. The minimum atomic E-state index is -0.156. The van der Waals surface area contributed by atoms with Gasteiger partial charge in [-0.1, -0.05) is 19.9 Å². The molecule has 0 bridgehead atoms. The zero-order chi connectivity index (χ0) is 19.9. The summed E-state index contributed by atoms with van der Waals surface area (Å²) in [6, 6.07) is 11.6. The minimum Gasteiger partial charge on any atom is -0.494 e. The van der Waals surface area contributed by atoms with Gasteiger partial charge in [-0.05, 0) is 54.5 Å². The molecule has 1 aliphatic carbocycles. The van der Waals surface area contributed by atoms with Crippen molar-refractivity contribution in [1.29, 1.82) is 0 Å². The van der Waals surface area contributed by atoms with Crippen molar-refractivity contribution in [3.63, 3.8) is 0 Å². The van der Waals surface area contributed by atoms with Gasteiger partial charge in [0, 0.05) is 40.6 Å². The zero-order valence-electron chi connectivity index (χ0n) is 16.5. The quantitative estimate of drug-likeness (QED) is 0.705. The van der Waals surface area contributed by atoms with Crippen molar-refractivity contribution in [2.75, 3.05) is 11.5 Å². The van der Waals surface area contributed by atoms with Crippen molar-refractivity contribution in [1.82, 2.24) is 0 Å². The van der Waals surface area contributed by atoms with Gasteiger partial charge in [0.05, 0.1) is 6.61 Å². The highest BCUT2D eigenvalue weighted by atomic mass is 32.1. The van der Waals surface area contributed by atoms with Gasteiger partial charge >= 0.3 is 0 Å². The van der Waals surface area contributed by atoms with Gasteiger partial charge in [0.2, 0.25) is 5.91 Å². The third kappa shape index (κ3) is 3.39. The Bertz CT molecular complexity index is 925. The van der Waals surface area contributed by atoms with E-state index in [1.165, 1.54) is 0 Å². The summed E-state index contributed by atoms with van der Waals surface area (Å²) in [7, 11) is 0. The van der Waals surface area contributed by atoms with Crippen molar-refractivity contribution in [2.24, 2.45) is 5.41 Å². The van der Waals surface area contributed by atoms with Crippen LogP contribution in [0.3, 0.4) is 0 Å². The summed E-state index contributed by atoms with van der Waals surface area (Å²) in [5, 5.41) is 2.01. The van der Waals surface area contributed by atoms with E-state index >= 15 is 0 Å². The van der Waals surface area contributed by atoms with Crippen LogP contribution in [-0.2, 0) is 9.59 Å². The van der Waals surface area contributed by atoms with Crippen LogP contribution in [0.5, 0.6) is 5.75 Å². The number of Topliss-reactive ketones (excluding diaryl/α,β-unsaturated/α-hetero) is 1. The Morgan fingerprint density at radius 3 is 2.54 bits per heavy atom. The van der Waals surface area contributed by atoms with Crippen LogP contribution in [0.1, 0.15) is 50.8 Å². The molecule has 28 heavy (non-hydrogen) atoms. The smallest absolute Gasteiger partial charge is 0.232 e. The summed E-state index contributed by atoms with van der Waals surface area (Å²) in [6.45, 7) is 6.75. The number of rotatable bonds is 4. The van der Waals surface area contributed by atoms with Gasteiger partial charge in [0.15, 0.2) is 5.78 Å². The Balaban J connectivity index is 1.82. The van der Waals surface area contributed by atoms with E-state index in [1.807, 2.05) is 48.7 Å². The molecule has 1 aliphatic heterocycles. The second kappa shape index (κ2) is 7.21. The highest BCUT2D eigenvalue weighted by Crippen LogP contribution is 2.48. The number of carbonyl (C=O) groups excluding carboxylic acids is 2. The van der Waals surface area contributed by atoms with E-state index in [0.717, 1.165) is 34.0 Å². The average molecular weight is 396 g/mol. The number of anilines is 1. The lowest BCUT2D eigenvalue weighted by atomic mass is 9.70. The maximum atomic E-state index is 13.2. The van der Waals surface area contributed by atoms with Crippen molar-refractivity contribution in [3.05, 3.63) is 57.9 Å². The predicted molar refractivity (Wildman–Crippen MR) is 112 cm³/mol. The van der Waals surface area contributed by atoms with Crippen LogP contribution in [0.2, 0.25) is 0 Å². The third-order valence-electron chi connectivity index (χ3n) is 5.44. The van der Waals surface area contributed by atoms with E-state index in [4.69, 9.17) is 4.74 Å². The maximum absolute atomic E-state index is 13.2. The van der Waals surface area contributed by atoms with Crippen LogP contribution >= 0.6 is 11.3 Å². The number of hydrogen-bond acceptors (Lipinski definition) is 4. The Hall–Kier alpha value is -2.40. The summed E-state index contributed by atoms with van der Waals surface area (Å²) >= 11 is 1.62. The molecule has 4 rings (SSSR count). The molecular formula is C23H25NO3S. The monoisotopic (exact) mass is 395 g/mol. The van der Waals surface area contributed by atoms with Crippen molar-refractivity contribution in [3.8, 4) is 5.75 Å². The predicted octanol–water partition coefficient (Wildman–Crippen LogP) is 5.31. The average Bonchev–Trinajstić information content (AvgIpc) is 3.16. The van der Waals surface area contributed by atoms with Crippen LogP contribution < -0.4 is 9.64 Å². The molecule has 0 saturated carbocycles. The molecule has 5 heteroatoms. The van der Waals surface area contributed by atoms with E-state index in [-0.39, 0.29) is 23.0 Å². The van der Waals surface area contributed by atoms with Crippen molar-refractivity contribution in [2.45, 2.75) is 46.0 Å². The van der Waals surface area contributed by atoms with Crippen LogP contribution in [0.4, 0.5) is 5.69 Å². The van der Waals surface area contributed by atoms with Crippen LogP contribution in [0.15, 0.2) is 53.0 Å². The molecule has 1 aromatic heterocycles. The lowest BCUT2D eigenvalue weighted by Crippen LogP contribution is -2.43. The lowest BCUT2D eigenvalue weighted by molar-refractivity contribution is -0.120. The summed E-state index contributed by atoms with van der Waals surface area (Å²) in [6.07, 6.45) is 1.58. The number of nitrogens with zero attached hydrogens (tertiary/aromatic N) is 1. The van der Waals surface area contributed by atoms with Gasteiger partial charge in [0.1, 0.15) is 5.75 Å². The highest BCUT2D eigenvalue weighted by Gasteiger charge is 2.44. The number of amides is 1. The standard InChI is InChI=1S/C23H25NO3S/c1-4-27-16-9-7-15(8-10-16)24-18-13-23(2,3)14-19(25)22(18)17(12-21(24)26)20-6-5-11-28-20/h5-11,17H,4,12-14H2,1-3H3. The van der Waals surface area contributed by atoms with Gasteiger partial charge in [-0.25, -0.2) is 0 Å². The largest absolute Gasteiger partial charge is 0.494 e. The number of benzene rings is 1. The SMILES string of the molecule is CCOc1ccc(N2C(=O)CC(c3cccs3)C3=C2CC(C)(C)CC3=O)cc1. The molecule has 1 aromatic carbocycles. The van der Waals surface area contributed by atoms with Gasteiger partial charge in [-0.2, -0.15) is 0 Å². The third-order valence-corrected chi connectivity index (χ3v) is 6.42. The molecule has 4 nitrogen and oxygen atoms in total. The van der Waals surface area contributed by atoms with E-state index in [9.17, 15) is 9.59 Å². The minimum absolute atomic E-state index is 0.0480. The first-order valence-corrected chi connectivity index (χ1v) is 10.6. The molecule has 0 fully saturated rings. The fourth-order valence-electron chi connectivity index (χ4n) is 4.31. The summed E-state index contributed by atoms with van der Waals surface area (Å²) in [5.41, 5.74) is 2.35. The molecule has 146 valence electrons. The molecular weight excluding hydrogens is 370 g/mol. The molecule has 2 aliphatic rings. The van der Waals surface area contributed by atoms with Gasteiger partial charge in [-0.3, -0.25) is 14.5 Å². The molecule has 1 amide bonds. The Labute approximate surface area is 169 Å². The Morgan fingerprint density at radius 1 is 1.14 bits per heavy atom. The van der Waals surface area contributed by atoms with Gasteiger partial charge in [0.25, 0.3) is 0 Å². The molecule has 0 radical (unpaired) electrons. The first-order valence-electron chi connectivity index (χ1n) is 9.75. The lowest BCUT2D eigenvalue weighted by Gasteiger charge is -2.42. The van der Waals surface area contributed by atoms with Crippen LogP contribution in [0.25, 0.3) is 0 Å². The van der Waals surface area contributed by atoms with Crippen molar-refractivity contribution < 1.29 is 14.3 Å². The number of allylic oxidation sites excluding steroid dienone is 2. The van der Waals surface area contributed by atoms with Gasteiger partial charge in [-0.15, -0.1) is 11.3 Å². The fraction of sp³-hybridized carbons (Fsp3) is 0.391. The number of ether oxygens (including phenoxy) is 1. The van der Waals surface area contributed by atoms with Crippen LogP contribution in [0, 0.1) is 5.41 Å². The Kier molecular flexibility index (Phi) is 4.88. The summed E-state index contributed by atoms with van der Waals surface area (Å²) in [5.74, 6) is 0.881. The molecule has 0 N–H and O–H groups in total. The first kappa shape index (κ1) is 18.9. The number of ketones is 1. The molecule has 0 saturated heterocycles. The summed E-state index contributed by atoms with van der Waals surface area (Å²) < 4.78 is 5.53. The Morgan fingerprint density at radius 2 is 1.89 bits per heavy atom. The molecule has 0 spiro atoms. The summed E-state index contributed by atoms with van der Waals surface area (Å²) in [4.78, 5) is 29.3. The highest BCUT2D eigenvalue weighted by molar-refractivity contribution is 7.10. The van der Waals surface area contributed by atoms with E-state index in [0.29, 0.717) is 19.4 Å². The second-order valence-electron chi connectivity index (χ2n) is 8.23. The molecule has 2 heterocycles. The van der Waals surface area contributed by atoms with E-state index in [1.54, 1.807) is 16.2 Å². The van der Waals surface area contributed by atoms with Crippen molar-refractivity contribution >= 4 is 28.7 Å².